The summed E-state index contributed by atoms with van der Waals surface area (Å²) in [6.07, 6.45) is 5.61. The minimum atomic E-state index is -0.816. The van der Waals surface area contributed by atoms with E-state index in [0.717, 1.165) is 25.0 Å². The van der Waals surface area contributed by atoms with E-state index in [1.807, 2.05) is 38.1 Å². The summed E-state index contributed by atoms with van der Waals surface area (Å²) < 4.78 is 11.7. The molecule has 2 aromatic rings. The van der Waals surface area contributed by atoms with E-state index in [-0.39, 0.29) is 17.2 Å². The van der Waals surface area contributed by atoms with Gasteiger partial charge in [-0.2, -0.15) is 0 Å². The maximum Gasteiger partial charge on any atom is 0.347 e. The molecular weight excluding hydrogens is 340 g/mol. The lowest BCUT2D eigenvalue weighted by Gasteiger charge is -2.29. The van der Waals surface area contributed by atoms with Crippen LogP contribution in [0.5, 0.6) is 5.75 Å². The summed E-state index contributed by atoms with van der Waals surface area (Å²) in [5.74, 6) is 1.32. The zero-order valence-electron chi connectivity index (χ0n) is 16.3. The average Bonchev–Trinajstić information content (AvgIpc) is 3.01. The Bertz CT molecular complexity index is 866. The van der Waals surface area contributed by atoms with Gasteiger partial charge in [0, 0.05) is 18.4 Å². The Balaban J connectivity index is 1.95. The molecule has 2 atom stereocenters. The van der Waals surface area contributed by atoms with Crippen molar-refractivity contribution in [3.8, 4) is 5.75 Å². The van der Waals surface area contributed by atoms with Gasteiger partial charge in [-0.25, -0.2) is 4.79 Å². The Hall–Kier alpha value is -2.49. The third-order valence-electron chi connectivity index (χ3n) is 5.35. The van der Waals surface area contributed by atoms with Crippen LogP contribution in [-0.2, 0) is 16.8 Å². The molecule has 1 aromatic carbocycles. The average molecular weight is 368 g/mol. The molecule has 0 saturated carbocycles. The van der Waals surface area contributed by atoms with Crippen LogP contribution < -0.4 is 5.63 Å². The van der Waals surface area contributed by atoms with Crippen LogP contribution in [0.25, 0.3) is 0 Å². The second-order valence-electron chi connectivity index (χ2n) is 7.36. The number of hydrogen-bond donors (Lipinski definition) is 1. The molecule has 1 aliphatic heterocycles. The lowest BCUT2D eigenvalue weighted by atomic mass is 9.86. The van der Waals surface area contributed by atoms with Crippen LogP contribution in [-0.4, -0.2) is 5.11 Å². The molecule has 27 heavy (non-hydrogen) atoms. The van der Waals surface area contributed by atoms with Gasteiger partial charge in [-0.15, -0.1) is 0 Å². The molecule has 1 N–H and O–H groups in total. The molecule has 144 valence electrons. The summed E-state index contributed by atoms with van der Waals surface area (Å²) in [4.78, 5) is 12.9. The van der Waals surface area contributed by atoms with E-state index in [0.29, 0.717) is 18.6 Å². The number of ether oxygens (including phenoxy) is 1. The van der Waals surface area contributed by atoms with E-state index in [2.05, 4.69) is 19.1 Å². The molecular formula is C23H28O4. The van der Waals surface area contributed by atoms with E-state index in [4.69, 9.17) is 9.15 Å². The maximum atomic E-state index is 12.9. The van der Waals surface area contributed by atoms with Gasteiger partial charge < -0.3 is 14.3 Å². The molecule has 0 amide bonds. The number of aromatic hydroxyl groups is 1. The smallest absolute Gasteiger partial charge is 0.347 e. The quantitative estimate of drug-likeness (QED) is 0.711. The van der Waals surface area contributed by atoms with Gasteiger partial charge in [0.1, 0.15) is 22.7 Å². The topological polar surface area (TPSA) is 59.7 Å². The monoisotopic (exact) mass is 368 g/mol. The van der Waals surface area contributed by atoms with Crippen LogP contribution in [0.15, 0.2) is 57.4 Å². The van der Waals surface area contributed by atoms with Crippen LogP contribution >= 0.6 is 0 Å². The van der Waals surface area contributed by atoms with E-state index < -0.39 is 11.2 Å². The number of rotatable bonds is 7. The van der Waals surface area contributed by atoms with Crippen LogP contribution in [0, 0.1) is 0 Å². The van der Waals surface area contributed by atoms with Gasteiger partial charge >= 0.3 is 5.63 Å². The van der Waals surface area contributed by atoms with Gasteiger partial charge in [0.25, 0.3) is 0 Å². The predicted octanol–water partition coefficient (Wildman–Crippen LogP) is 5.40. The fraction of sp³-hybridized carbons (Fsp3) is 0.435. The lowest BCUT2D eigenvalue weighted by molar-refractivity contribution is 0.00887. The van der Waals surface area contributed by atoms with Gasteiger partial charge in [-0.1, -0.05) is 50.6 Å². The van der Waals surface area contributed by atoms with Crippen molar-refractivity contribution in [2.45, 2.75) is 64.4 Å². The molecule has 0 radical (unpaired) electrons. The van der Waals surface area contributed by atoms with Crippen LogP contribution in [0.2, 0.25) is 0 Å². The van der Waals surface area contributed by atoms with Gasteiger partial charge in [0.2, 0.25) is 0 Å². The van der Waals surface area contributed by atoms with E-state index >= 15 is 0 Å². The number of hydrogen-bond acceptors (Lipinski definition) is 4. The Morgan fingerprint density at radius 2 is 1.96 bits per heavy atom. The highest BCUT2D eigenvalue weighted by atomic mass is 16.5. The van der Waals surface area contributed by atoms with Gasteiger partial charge in [0.15, 0.2) is 0 Å². The lowest BCUT2D eigenvalue weighted by Crippen LogP contribution is -2.32. The molecule has 0 aliphatic carbocycles. The predicted molar refractivity (Wildman–Crippen MR) is 106 cm³/mol. The van der Waals surface area contributed by atoms with Gasteiger partial charge in [-0.05, 0) is 37.8 Å². The first-order valence-electron chi connectivity index (χ1n) is 9.76. The Morgan fingerprint density at radius 3 is 2.52 bits per heavy atom. The van der Waals surface area contributed by atoms with Gasteiger partial charge in [-0.3, -0.25) is 0 Å². The van der Waals surface area contributed by atoms with E-state index in [1.54, 1.807) is 6.07 Å². The standard InChI is InChI=1S/C23H28O4/c1-4-12-23(13-11-16(3)27-23)21-19(24)15-20(26-22(21)25)18(5-2)14-17-9-7-6-8-10-17/h6-11,15,18,24H,4-5,12-14H2,1-3H3. The van der Waals surface area contributed by atoms with Crippen LogP contribution in [0.1, 0.15) is 69.3 Å². The molecule has 4 nitrogen and oxygen atoms in total. The highest BCUT2D eigenvalue weighted by Gasteiger charge is 2.42. The number of allylic oxidation sites excluding steroid dienone is 1. The third kappa shape index (κ3) is 3.95. The maximum absolute atomic E-state index is 12.9. The van der Waals surface area contributed by atoms with Gasteiger partial charge in [0.05, 0.1) is 5.76 Å². The van der Waals surface area contributed by atoms with Crippen molar-refractivity contribution in [1.82, 2.24) is 0 Å². The summed E-state index contributed by atoms with van der Waals surface area (Å²) in [5.41, 5.74) is 0.115. The Kier molecular flexibility index (Phi) is 5.73. The molecule has 1 aromatic heterocycles. The van der Waals surface area contributed by atoms with Crippen LogP contribution in [0.4, 0.5) is 0 Å². The molecule has 0 bridgehead atoms. The summed E-state index contributed by atoms with van der Waals surface area (Å²) in [6, 6.07) is 11.7. The fourth-order valence-corrected chi connectivity index (χ4v) is 4.00. The highest BCUT2D eigenvalue weighted by molar-refractivity contribution is 5.38. The molecule has 0 spiro atoms. The van der Waals surface area contributed by atoms with Crippen molar-refractivity contribution in [3.05, 3.63) is 75.5 Å². The van der Waals surface area contributed by atoms with E-state index in [9.17, 15) is 9.90 Å². The molecule has 2 heterocycles. The van der Waals surface area contributed by atoms with Crippen molar-refractivity contribution in [2.24, 2.45) is 0 Å². The van der Waals surface area contributed by atoms with Crippen molar-refractivity contribution >= 4 is 0 Å². The summed E-state index contributed by atoms with van der Waals surface area (Å²) >= 11 is 0. The Morgan fingerprint density at radius 1 is 1.22 bits per heavy atom. The van der Waals surface area contributed by atoms with Crippen molar-refractivity contribution in [1.29, 1.82) is 0 Å². The van der Waals surface area contributed by atoms with Crippen molar-refractivity contribution in [2.75, 3.05) is 0 Å². The molecule has 0 saturated heterocycles. The minimum Gasteiger partial charge on any atom is -0.507 e. The molecule has 3 rings (SSSR count). The first kappa shape index (κ1) is 19.3. The molecule has 2 unspecified atom stereocenters. The summed E-state index contributed by atoms with van der Waals surface area (Å²) in [5, 5.41) is 10.8. The summed E-state index contributed by atoms with van der Waals surface area (Å²) in [7, 11) is 0. The SMILES string of the molecule is CCCC1(c2c(O)cc(C(CC)Cc3ccccc3)oc2=O)CC=C(C)O1. The summed E-state index contributed by atoms with van der Waals surface area (Å²) in [6.45, 7) is 5.97. The molecule has 0 fully saturated rings. The third-order valence-corrected chi connectivity index (χ3v) is 5.35. The normalized spacial score (nSPS) is 20.2. The second kappa shape index (κ2) is 8.03. The first-order chi connectivity index (χ1) is 13.0. The fourth-order valence-electron chi connectivity index (χ4n) is 4.00. The van der Waals surface area contributed by atoms with E-state index in [1.165, 1.54) is 5.56 Å². The van der Waals surface area contributed by atoms with Crippen molar-refractivity contribution in [3.63, 3.8) is 0 Å². The number of benzene rings is 1. The largest absolute Gasteiger partial charge is 0.507 e. The molecule has 4 heteroatoms. The first-order valence-corrected chi connectivity index (χ1v) is 9.76. The Labute approximate surface area is 160 Å². The van der Waals surface area contributed by atoms with Crippen LogP contribution in [0.3, 0.4) is 0 Å². The zero-order valence-corrected chi connectivity index (χ0v) is 16.3. The molecule has 1 aliphatic rings. The van der Waals surface area contributed by atoms with Crippen molar-refractivity contribution < 1.29 is 14.3 Å². The highest BCUT2D eigenvalue weighted by Crippen LogP contribution is 2.44. The minimum absolute atomic E-state index is 0.0238. The second-order valence-corrected chi connectivity index (χ2v) is 7.36. The zero-order chi connectivity index (χ0) is 19.4.